The predicted octanol–water partition coefficient (Wildman–Crippen LogP) is 4.18. The largest absolute Gasteiger partial charge is 0.467 e. The summed E-state index contributed by atoms with van der Waals surface area (Å²) in [6, 6.07) is 9.83. The van der Waals surface area contributed by atoms with Crippen molar-refractivity contribution in [3.63, 3.8) is 0 Å². The number of imidazole rings is 1. The van der Waals surface area contributed by atoms with E-state index in [9.17, 15) is 0 Å². The number of hydrogen-bond acceptors (Lipinski definition) is 2. The average molecular weight is 326 g/mol. The van der Waals surface area contributed by atoms with E-state index in [1.54, 1.807) is 6.26 Å². The second-order valence-electron chi connectivity index (χ2n) is 3.96. The Balaban J connectivity index is 2.15. The lowest BCUT2D eigenvalue weighted by Gasteiger charge is -2.05. The smallest absolute Gasteiger partial charge is 0.125 e. The maximum atomic E-state index is 5.96. The molecule has 0 fully saturated rings. The van der Waals surface area contributed by atoms with E-state index >= 15 is 0 Å². The Morgan fingerprint density at radius 2 is 2.22 bits per heavy atom. The molecule has 0 aliphatic rings. The van der Waals surface area contributed by atoms with Crippen molar-refractivity contribution < 1.29 is 4.42 Å². The summed E-state index contributed by atoms with van der Waals surface area (Å²) in [5.41, 5.74) is 2.00. The molecule has 0 bridgehead atoms. The van der Waals surface area contributed by atoms with Gasteiger partial charge in [-0.15, -0.1) is 11.6 Å². The van der Waals surface area contributed by atoms with Crippen LogP contribution >= 0.6 is 27.5 Å². The minimum atomic E-state index is 0.382. The molecule has 18 heavy (non-hydrogen) atoms. The average Bonchev–Trinajstić information content (AvgIpc) is 2.98. The van der Waals surface area contributed by atoms with Crippen molar-refractivity contribution in [1.29, 1.82) is 0 Å². The number of halogens is 2. The maximum absolute atomic E-state index is 5.96. The third-order valence-corrected chi connectivity index (χ3v) is 3.54. The summed E-state index contributed by atoms with van der Waals surface area (Å²) in [6.07, 6.45) is 1.67. The molecule has 0 saturated heterocycles. The van der Waals surface area contributed by atoms with Crippen molar-refractivity contribution in [1.82, 2.24) is 9.55 Å². The standard InChI is InChI=1S/C13H10BrClN2O/c14-9-3-4-11-12(6-9)17(13(7-15)16-11)8-10-2-1-5-18-10/h1-6H,7-8H2. The van der Waals surface area contributed by atoms with Gasteiger partial charge in [0.15, 0.2) is 0 Å². The first-order chi connectivity index (χ1) is 8.78. The van der Waals surface area contributed by atoms with Crippen LogP contribution in [0.2, 0.25) is 0 Å². The molecule has 3 aromatic rings. The van der Waals surface area contributed by atoms with Crippen LogP contribution in [0, 0.1) is 0 Å². The fourth-order valence-electron chi connectivity index (χ4n) is 1.98. The summed E-state index contributed by atoms with van der Waals surface area (Å²) >= 11 is 9.44. The molecule has 3 rings (SSSR count). The van der Waals surface area contributed by atoms with Gasteiger partial charge >= 0.3 is 0 Å². The molecule has 0 aliphatic carbocycles. The molecule has 0 spiro atoms. The number of fused-ring (bicyclic) bond motifs is 1. The molecule has 0 N–H and O–H groups in total. The summed E-state index contributed by atoms with van der Waals surface area (Å²) in [5, 5.41) is 0. The number of alkyl halides is 1. The quantitative estimate of drug-likeness (QED) is 0.676. The molecule has 0 saturated carbocycles. The van der Waals surface area contributed by atoms with Crippen molar-refractivity contribution in [2.75, 3.05) is 0 Å². The van der Waals surface area contributed by atoms with Crippen LogP contribution in [0.25, 0.3) is 11.0 Å². The van der Waals surface area contributed by atoms with Gasteiger partial charge in [-0.3, -0.25) is 0 Å². The fraction of sp³-hybridized carbons (Fsp3) is 0.154. The van der Waals surface area contributed by atoms with Gasteiger partial charge in [-0.05, 0) is 30.3 Å². The van der Waals surface area contributed by atoms with Crippen LogP contribution < -0.4 is 0 Å². The van der Waals surface area contributed by atoms with Crippen LogP contribution in [0.3, 0.4) is 0 Å². The Morgan fingerprint density at radius 1 is 1.33 bits per heavy atom. The zero-order chi connectivity index (χ0) is 12.5. The summed E-state index contributed by atoms with van der Waals surface area (Å²) in [6.45, 7) is 0.641. The summed E-state index contributed by atoms with van der Waals surface area (Å²) in [7, 11) is 0. The Hall–Kier alpha value is -1.26. The lowest BCUT2D eigenvalue weighted by molar-refractivity contribution is 0.493. The summed E-state index contributed by atoms with van der Waals surface area (Å²) in [4.78, 5) is 4.52. The number of rotatable bonds is 3. The van der Waals surface area contributed by atoms with E-state index in [4.69, 9.17) is 16.0 Å². The monoisotopic (exact) mass is 324 g/mol. The topological polar surface area (TPSA) is 31.0 Å². The van der Waals surface area contributed by atoms with Gasteiger partial charge in [0.1, 0.15) is 11.6 Å². The second kappa shape index (κ2) is 4.78. The molecule has 0 atom stereocenters. The van der Waals surface area contributed by atoms with Crippen LogP contribution in [-0.2, 0) is 12.4 Å². The Kier molecular flexibility index (Phi) is 3.14. The van der Waals surface area contributed by atoms with Gasteiger partial charge in [-0.25, -0.2) is 4.98 Å². The molecule has 92 valence electrons. The molecule has 3 nitrogen and oxygen atoms in total. The van der Waals surface area contributed by atoms with Crippen molar-refractivity contribution in [3.05, 3.63) is 52.7 Å². The van der Waals surface area contributed by atoms with E-state index < -0.39 is 0 Å². The maximum Gasteiger partial charge on any atom is 0.125 e. The van der Waals surface area contributed by atoms with Crippen LogP contribution in [0.5, 0.6) is 0 Å². The van der Waals surface area contributed by atoms with E-state index in [1.807, 2.05) is 30.3 Å². The summed E-state index contributed by atoms with van der Waals surface area (Å²) in [5.74, 6) is 2.12. The van der Waals surface area contributed by atoms with Gasteiger partial charge in [0.25, 0.3) is 0 Å². The second-order valence-corrected chi connectivity index (χ2v) is 5.14. The minimum absolute atomic E-state index is 0.382. The summed E-state index contributed by atoms with van der Waals surface area (Å²) < 4.78 is 8.48. The molecule has 2 aromatic heterocycles. The Bertz CT molecular complexity index is 676. The number of hydrogen-bond donors (Lipinski definition) is 0. The van der Waals surface area contributed by atoms with Gasteiger partial charge in [0, 0.05) is 4.47 Å². The molecule has 0 aliphatic heterocycles. The van der Waals surface area contributed by atoms with Crippen LogP contribution in [0.15, 0.2) is 45.5 Å². The number of furan rings is 1. The predicted molar refractivity (Wildman–Crippen MR) is 74.8 cm³/mol. The van der Waals surface area contributed by atoms with E-state index in [-0.39, 0.29) is 0 Å². The number of benzene rings is 1. The fourth-order valence-corrected chi connectivity index (χ4v) is 2.54. The third-order valence-electron chi connectivity index (χ3n) is 2.80. The van der Waals surface area contributed by atoms with Crippen LogP contribution in [0.4, 0.5) is 0 Å². The lowest BCUT2D eigenvalue weighted by atomic mass is 10.3. The van der Waals surface area contributed by atoms with Crippen molar-refractivity contribution >= 4 is 38.6 Å². The molecular formula is C13H10BrClN2O. The van der Waals surface area contributed by atoms with Crippen LogP contribution in [-0.4, -0.2) is 9.55 Å². The molecule has 5 heteroatoms. The van der Waals surface area contributed by atoms with E-state index in [1.165, 1.54) is 0 Å². The molecule has 2 heterocycles. The SMILES string of the molecule is ClCc1nc2ccc(Br)cc2n1Cc1ccco1. The van der Waals surface area contributed by atoms with E-state index in [2.05, 4.69) is 25.5 Å². The lowest BCUT2D eigenvalue weighted by Crippen LogP contribution is -2.02. The molecule has 1 aromatic carbocycles. The van der Waals surface area contributed by atoms with Crippen LogP contribution in [0.1, 0.15) is 11.6 Å². The van der Waals surface area contributed by atoms with E-state index in [0.29, 0.717) is 12.4 Å². The van der Waals surface area contributed by atoms with Crippen molar-refractivity contribution in [2.24, 2.45) is 0 Å². The number of nitrogens with zero attached hydrogens (tertiary/aromatic N) is 2. The van der Waals surface area contributed by atoms with Crippen molar-refractivity contribution in [3.8, 4) is 0 Å². The highest BCUT2D eigenvalue weighted by Gasteiger charge is 2.11. The molecule has 0 radical (unpaired) electrons. The minimum Gasteiger partial charge on any atom is -0.467 e. The van der Waals surface area contributed by atoms with E-state index in [0.717, 1.165) is 27.1 Å². The highest BCUT2D eigenvalue weighted by molar-refractivity contribution is 9.10. The first-order valence-corrected chi connectivity index (χ1v) is 6.83. The molecule has 0 unspecified atom stereocenters. The first kappa shape index (κ1) is 11.8. The normalized spacial score (nSPS) is 11.2. The molecule has 0 amide bonds. The van der Waals surface area contributed by atoms with Gasteiger partial charge in [-0.1, -0.05) is 15.9 Å². The highest BCUT2D eigenvalue weighted by atomic mass is 79.9. The highest BCUT2D eigenvalue weighted by Crippen LogP contribution is 2.23. The Labute approximate surface area is 118 Å². The van der Waals surface area contributed by atoms with Gasteiger partial charge in [-0.2, -0.15) is 0 Å². The zero-order valence-corrected chi connectivity index (χ0v) is 11.8. The third kappa shape index (κ3) is 2.06. The zero-order valence-electron chi connectivity index (χ0n) is 9.44. The Morgan fingerprint density at radius 3 is 2.94 bits per heavy atom. The van der Waals surface area contributed by atoms with Crippen molar-refractivity contribution in [2.45, 2.75) is 12.4 Å². The molecular weight excluding hydrogens is 316 g/mol. The van der Waals surface area contributed by atoms with Gasteiger partial charge in [0.05, 0.1) is 29.7 Å². The first-order valence-electron chi connectivity index (χ1n) is 5.51. The number of aromatic nitrogens is 2. The van der Waals surface area contributed by atoms with Gasteiger partial charge in [0.2, 0.25) is 0 Å². The van der Waals surface area contributed by atoms with Gasteiger partial charge < -0.3 is 8.98 Å².